The van der Waals surface area contributed by atoms with Crippen LogP contribution in [0, 0.1) is 9.81 Å². The molecule has 4 heteroatoms. The first kappa shape index (κ1) is 15.5. The van der Waals surface area contributed by atoms with E-state index in [2.05, 4.69) is 23.5 Å². The molecule has 0 aliphatic carbocycles. The van der Waals surface area contributed by atoms with E-state index in [0.717, 1.165) is 11.1 Å². The van der Waals surface area contributed by atoms with Gasteiger partial charge in [0.05, 0.1) is 0 Å². The van der Waals surface area contributed by atoms with Gasteiger partial charge in [0.25, 0.3) is 0 Å². The molecule has 0 heterocycles. The molecule has 0 atom stereocenters. The van der Waals surface area contributed by atoms with Gasteiger partial charge in [-0.3, -0.25) is 0 Å². The Kier molecular flexibility index (Phi) is 5.09. The van der Waals surface area contributed by atoms with Crippen molar-refractivity contribution in [2.75, 3.05) is 0 Å². The standard InChI is InChI=1S/C18H16N2O2/c1-3-5-13-7-9-17(19-21)15(11-13)16-12-14(6-4-2)8-10-18(16)20-22/h3-4,7-12H,1-2,5-6H2. The van der Waals surface area contributed by atoms with Crippen LogP contribution in [0.15, 0.2) is 72.1 Å². The first-order chi connectivity index (χ1) is 10.7. The number of nitrogens with zero attached hydrogens (tertiary/aromatic N) is 2. The van der Waals surface area contributed by atoms with Gasteiger partial charge in [0.2, 0.25) is 0 Å². The first-order valence-electron chi connectivity index (χ1n) is 6.88. The molecule has 0 radical (unpaired) electrons. The summed E-state index contributed by atoms with van der Waals surface area (Å²) in [5, 5.41) is 6.12. The Bertz CT molecular complexity index is 672. The predicted molar refractivity (Wildman–Crippen MR) is 90.6 cm³/mol. The van der Waals surface area contributed by atoms with Gasteiger partial charge in [0, 0.05) is 11.1 Å². The van der Waals surface area contributed by atoms with E-state index in [1.54, 1.807) is 24.3 Å². The van der Waals surface area contributed by atoms with Crippen LogP contribution in [0.1, 0.15) is 11.1 Å². The molecule has 0 aliphatic rings. The maximum atomic E-state index is 11.1. The highest BCUT2D eigenvalue weighted by Gasteiger charge is 2.13. The second-order valence-corrected chi connectivity index (χ2v) is 4.87. The van der Waals surface area contributed by atoms with Crippen molar-refractivity contribution in [3.63, 3.8) is 0 Å². The SMILES string of the molecule is C=CCc1ccc(N=O)c(-c2cc(CC=C)ccc2N=O)c1. The molecule has 22 heavy (non-hydrogen) atoms. The van der Waals surface area contributed by atoms with Gasteiger partial charge in [-0.15, -0.1) is 23.0 Å². The summed E-state index contributed by atoms with van der Waals surface area (Å²) < 4.78 is 0. The normalized spacial score (nSPS) is 10.0. The summed E-state index contributed by atoms with van der Waals surface area (Å²) >= 11 is 0. The van der Waals surface area contributed by atoms with E-state index < -0.39 is 0 Å². The molecule has 0 saturated heterocycles. The highest BCUT2D eigenvalue weighted by atomic mass is 16.3. The quantitative estimate of drug-likeness (QED) is 0.492. The lowest BCUT2D eigenvalue weighted by Gasteiger charge is -2.10. The van der Waals surface area contributed by atoms with Crippen molar-refractivity contribution >= 4 is 11.4 Å². The Labute approximate surface area is 129 Å². The lowest BCUT2D eigenvalue weighted by molar-refractivity contribution is 1.26. The summed E-state index contributed by atoms with van der Waals surface area (Å²) in [5.74, 6) is 0. The van der Waals surface area contributed by atoms with Gasteiger partial charge < -0.3 is 0 Å². The fraction of sp³-hybridized carbons (Fsp3) is 0.111. The van der Waals surface area contributed by atoms with Crippen LogP contribution in [0.5, 0.6) is 0 Å². The van der Waals surface area contributed by atoms with E-state index in [9.17, 15) is 9.81 Å². The zero-order chi connectivity index (χ0) is 15.9. The smallest absolute Gasteiger partial charge is 0.115 e. The maximum absolute atomic E-state index is 11.1. The summed E-state index contributed by atoms with van der Waals surface area (Å²) in [6, 6.07) is 10.6. The Hall–Kier alpha value is -2.88. The fourth-order valence-electron chi connectivity index (χ4n) is 2.34. The molecule has 110 valence electrons. The molecule has 4 nitrogen and oxygen atoms in total. The van der Waals surface area contributed by atoms with Crippen LogP contribution in [0.3, 0.4) is 0 Å². The van der Waals surface area contributed by atoms with Gasteiger partial charge in [-0.2, -0.15) is 0 Å². The minimum absolute atomic E-state index is 0.286. The second-order valence-electron chi connectivity index (χ2n) is 4.87. The highest BCUT2D eigenvalue weighted by Crippen LogP contribution is 2.38. The van der Waals surface area contributed by atoms with E-state index in [1.165, 1.54) is 0 Å². The molecule has 0 bridgehead atoms. The van der Waals surface area contributed by atoms with Crippen LogP contribution in [-0.2, 0) is 12.8 Å². The molecule has 0 unspecified atom stereocenters. The highest BCUT2D eigenvalue weighted by molar-refractivity contribution is 5.84. The first-order valence-corrected chi connectivity index (χ1v) is 6.88. The van der Waals surface area contributed by atoms with Crippen LogP contribution in [0.4, 0.5) is 11.4 Å². The monoisotopic (exact) mass is 292 g/mol. The largest absolute Gasteiger partial charge is 0.145 e. The Morgan fingerprint density at radius 3 is 1.50 bits per heavy atom. The topological polar surface area (TPSA) is 58.9 Å². The minimum Gasteiger partial charge on any atom is -0.145 e. The molecule has 0 amide bonds. The molecular formula is C18H16N2O2. The molecule has 0 saturated carbocycles. The third-order valence-electron chi connectivity index (χ3n) is 3.37. The van der Waals surface area contributed by atoms with E-state index in [4.69, 9.17) is 0 Å². The Morgan fingerprint density at radius 2 is 1.18 bits per heavy atom. The summed E-state index contributed by atoms with van der Waals surface area (Å²) in [6.45, 7) is 7.42. The average Bonchev–Trinajstić information content (AvgIpc) is 2.55. The fourth-order valence-corrected chi connectivity index (χ4v) is 2.34. The molecular weight excluding hydrogens is 276 g/mol. The van der Waals surface area contributed by atoms with Crippen molar-refractivity contribution in [3.8, 4) is 11.1 Å². The Balaban J connectivity index is 2.66. The molecule has 2 aromatic rings. The Morgan fingerprint density at radius 1 is 0.773 bits per heavy atom. The van der Waals surface area contributed by atoms with Gasteiger partial charge in [0.15, 0.2) is 0 Å². The predicted octanol–water partition coefficient (Wildman–Crippen LogP) is 5.61. The van der Waals surface area contributed by atoms with E-state index >= 15 is 0 Å². The molecule has 0 spiro atoms. The van der Waals surface area contributed by atoms with E-state index in [0.29, 0.717) is 24.0 Å². The number of hydrogen-bond acceptors (Lipinski definition) is 4. The number of hydrogen-bond donors (Lipinski definition) is 0. The minimum atomic E-state index is 0.286. The summed E-state index contributed by atoms with van der Waals surface area (Å²) in [6.07, 6.45) is 4.89. The molecule has 0 aromatic heterocycles. The van der Waals surface area contributed by atoms with Crippen molar-refractivity contribution < 1.29 is 0 Å². The number of allylic oxidation sites excluding steroid dienone is 2. The van der Waals surface area contributed by atoms with Crippen LogP contribution in [-0.4, -0.2) is 0 Å². The van der Waals surface area contributed by atoms with E-state index in [1.807, 2.05) is 24.3 Å². The average molecular weight is 292 g/mol. The summed E-state index contributed by atoms with van der Waals surface area (Å²) in [5.41, 5.74) is 3.76. The molecule has 0 fully saturated rings. The number of nitroso groups, excluding NO2 is 2. The molecule has 2 rings (SSSR count). The van der Waals surface area contributed by atoms with Gasteiger partial charge in [-0.25, -0.2) is 0 Å². The van der Waals surface area contributed by atoms with Gasteiger partial charge in [-0.1, -0.05) is 24.3 Å². The second kappa shape index (κ2) is 7.22. The molecule has 0 aliphatic heterocycles. The third-order valence-corrected chi connectivity index (χ3v) is 3.37. The van der Waals surface area contributed by atoms with Crippen LogP contribution in [0.2, 0.25) is 0 Å². The van der Waals surface area contributed by atoms with Crippen molar-refractivity contribution in [1.29, 1.82) is 0 Å². The molecule has 2 aromatic carbocycles. The number of benzene rings is 2. The molecule has 0 N–H and O–H groups in total. The van der Waals surface area contributed by atoms with Crippen LogP contribution < -0.4 is 0 Å². The third kappa shape index (κ3) is 3.23. The maximum Gasteiger partial charge on any atom is 0.115 e. The lowest BCUT2D eigenvalue weighted by atomic mass is 9.96. The van der Waals surface area contributed by atoms with Crippen LogP contribution in [0.25, 0.3) is 11.1 Å². The number of rotatable bonds is 7. The lowest BCUT2D eigenvalue weighted by Crippen LogP contribution is -1.88. The zero-order valence-electron chi connectivity index (χ0n) is 12.2. The van der Waals surface area contributed by atoms with Crippen molar-refractivity contribution in [2.45, 2.75) is 12.8 Å². The van der Waals surface area contributed by atoms with Crippen molar-refractivity contribution in [3.05, 3.63) is 82.6 Å². The van der Waals surface area contributed by atoms with E-state index in [-0.39, 0.29) is 11.4 Å². The van der Waals surface area contributed by atoms with Crippen molar-refractivity contribution in [1.82, 2.24) is 0 Å². The van der Waals surface area contributed by atoms with Gasteiger partial charge in [-0.05, 0) is 58.6 Å². The zero-order valence-corrected chi connectivity index (χ0v) is 12.2. The summed E-state index contributed by atoms with van der Waals surface area (Å²) in [4.78, 5) is 22.2. The van der Waals surface area contributed by atoms with Gasteiger partial charge in [0.1, 0.15) is 11.4 Å². The summed E-state index contributed by atoms with van der Waals surface area (Å²) in [7, 11) is 0. The van der Waals surface area contributed by atoms with Gasteiger partial charge >= 0.3 is 0 Å². The van der Waals surface area contributed by atoms with Crippen LogP contribution >= 0.6 is 0 Å². The van der Waals surface area contributed by atoms with Crippen molar-refractivity contribution in [2.24, 2.45) is 10.4 Å².